The van der Waals surface area contributed by atoms with Crippen molar-refractivity contribution in [3.05, 3.63) is 74.7 Å². The number of nitrogens with zero attached hydrogens (tertiary/aromatic N) is 1. The van der Waals surface area contributed by atoms with E-state index >= 15 is 0 Å². The van der Waals surface area contributed by atoms with Crippen molar-refractivity contribution < 1.29 is 14.3 Å². The van der Waals surface area contributed by atoms with Crippen LogP contribution in [0.5, 0.6) is 5.75 Å². The Kier molecular flexibility index (Phi) is 6.84. The van der Waals surface area contributed by atoms with Crippen molar-refractivity contribution in [2.75, 3.05) is 11.9 Å². The second-order valence-electron chi connectivity index (χ2n) is 7.18. The number of nitrogens with one attached hydrogen (secondary N) is 2. The van der Waals surface area contributed by atoms with E-state index < -0.39 is 0 Å². The molecule has 30 heavy (non-hydrogen) atoms. The molecular weight excluding hydrogens is 398 g/mol. The normalized spacial score (nSPS) is 10.5. The van der Waals surface area contributed by atoms with E-state index in [-0.39, 0.29) is 18.4 Å². The van der Waals surface area contributed by atoms with E-state index in [0.29, 0.717) is 17.9 Å². The summed E-state index contributed by atoms with van der Waals surface area (Å²) in [6.45, 7) is 8.08. The Labute approximate surface area is 180 Å². The van der Waals surface area contributed by atoms with Gasteiger partial charge in [0.15, 0.2) is 0 Å². The lowest BCUT2D eigenvalue weighted by Gasteiger charge is -2.13. The van der Waals surface area contributed by atoms with Gasteiger partial charge in [-0.05, 0) is 57.0 Å². The van der Waals surface area contributed by atoms with Crippen LogP contribution < -0.4 is 15.4 Å². The molecule has 7 heteroatoms. The second kappa shape index (κ2) is 9.54. The molecule has 0 aliphatic carbocycles. The molecule has 0 radical (unpaired) electrons. The predicted octanol–water partition coefficient (Wildman–Crippen LogP) is 4.32. The van der Waals surface area contributed by atoms with E-state index in [1.54, 1.807) is 35.6 Å². The highest BCUT2D eigenvalue weighted by Gasteiger charge is 2.12. The standard InChI is InChI=1S/C23H25N3O3S/c1-14-8-15(2)22(16(3)9-14)26-21(27)11-24-23(28)18-6-5-7-20(10-18)29-12-19-13-30-17(4)25-19/h5-10,13H,11-12H2,1-4H3,(H,24,28)(H,26,27). The summed E-state index contributed by atoms with van der Waals surface area (Å²) < 4.78 is 5.72. The Balaban J connectivity index is 1.55. The van der Waals surface area contributed by atoms with Crippen LogP contribution in [0.1, 0.15) is 37.7 Å². The van der Waals surface area contributed by atoms with Crippen molar-refractivity contribution in [1.29, 1.82) is 0 Å². The van der Waals surface area contributed by atoms with Gasteiger partial charge < -0.3 is 15.4 Å². The maximum Gasteiger partial charge on any atom is 0.251 e. The van der Waals surface area contributed by atoms with E-state index in [0.717, 1.165) is 33.1 Å². The number of carbonyl (C=O) groups is 2. The monoisotopic (exact) mass is 423 g/mol. The molecule has 2 aromatic carbocycles. The van der Waals surface area contributed by atoms with Crippen molar-refractivity contribution in [1.82, 2.24) is 10.3 Å². The van der Waals surface area contributed by atoms with E-state index in [2.05, 4.69) is 15.6 Å². The number of rotatable bonds is 7. The number of aromatic nitrogens is 1. The van der Waals surface area contributed by atoms with Crippen LogP contribution in [0.3, 0.4) is 0 Å². The van der Waals surface area contributed by atoms with Crippen LogP contribution >= 0.6 is 11.3 Å². The van der Waals surface area contributed by atoms with Crippen LogP contribution in [0, 0.1) is 27.7 Å². The van der Waals surface area contributed by atoms with Gasteiger partial charge in [0.2, 0.25) is 5.91 Å². The Morgan fingerprint density at radius 1 is 1.07 bits per heavy atom. The zero-order valence-electron chi connectivity index (χ0n) is 17.5. The van der Waals surface area contributed by atoms with Gasteiger partial charge in [0.25, 0.3) is 5.91 Å². The third kappa shape index (κ3) is 5.67. The number of thiazole rings is 1. The van der Waals surface area contributed by atoms with Crippen LogP contribution in [0.2, 0.25) is 0 Å². The number of anilines is 1. The third-order valence-electron chi connectivity index (χ3n) is 4.50. The first-order valence-corrected chi connectivity index (χ1v) is 10.5. The van der Waals surface area contributed by atoms with Gasteiger partial charge in [-0.25, -0.2) is 4.98 Å². The second-order valence-corrected chi connectivity index (χ2v) is 8.24. The summed E-state index contributed by atoms with van der Waals surface area (Å²) in [4.78, 5) is 29.1. The van der Waals surface area contributed by atoms with Gasteiger partial charge in [0.05, 0.1) is 17.2 Å². The molecule has 2 amide bonds. The summed E-state index contributed by atoms with van der Waals surface area (Å²) in [6.07, 6.45) is 0. The molecule has 0 spiro atoms. The number of ether oxygens (including phenoxy) is 1. The summed E-state index contributed by atoms with van der Waals surface area (Å²) in [5, 5.41) is 8.47. The zero-order chi connectivity index (χ0) is 21.7. The summed E-state index contributed by atoms with van der Waals surface area (Å²) in [6, 6.07) is 10.9. The average molecular weight is 424 g/mol. The molecular formula is C23H25N3O3S. The molecule has 3 aromatic rings. The molecule has 6 nitrogen and oxygen atoms in total. The summed E-state index contributed by atoms with van der Waals surface area (Å²) in [5.41, 5.74) is 5.19. The molecule has 0 fully saturated rings. The van der Waals surface area contributed by atoms with Crippen LogP contribution in [0.4, 0.5) is 5.69 Å². The summed E-state index contributed by atoms with van der Waals surface area (Å²) in [5.74, 6) is -0.0363. The smallest absolute Gasteiger partial charge is 0.251 e. The Morgan fingerprint density at radius 2 is 1.80 bits per heavy atom. The lowest BCUT2D eigenvalue weighted by molar-refractivity contribution is -0.115. The Hall–Kier alpha value is -3.19. The molecule has 0 saturated carbocycles. The van der Waals surface area contributed by atoms with Gasteiger partial charge in [-0.2, -0.15) is 0 Å². The quantitative estimate of drug-likeness (QED) is 0.593. The molecule has 2 N–H and O–H groups in total. The van der Waals surface area contributed by atoms with Crippen LogP contribution in [-0.4, -0.2) is 23.3 Å². The van der Waals surface area contributed by atoms with Crippen molar-refractivity contribution in [3.8, 4) is 5.75 Å². The number of aryl methyl sites for hydroxylation is 4. The van der Waals surface area contributed by atoms with Gasteiger partial charge in [-0.3, -0.25) is 9.59 Å². The number of hydrogen-bond donors (Lipinski definition) is 2. The predicted molar refractivity (Wildman–Crippen MR) is 119 cm³/mol. The van der Waals surface area contributed by atoms with Gasteiger partial charge in [0.1, 0.15) is 12.4 Å². The minimum absolute atomic E-state index is 0.116. The fourth-order valence-corrected chi connectivity index (χ4v) is 3.78. The maximum absolute atomic E-state index is 12.5. The van der Waals surface area contributed by atoms with Crippen LogP contribution in [0.25, 0.3) is 0 Å². The molecule has 1 heterocycles. The van der Waals surface area contributed by atoms with E-state index in [1.165, 1.54) is 0 Å². The minimum atomic E-state index is -0.336. The van der Waals surface area contributed by atoms with Crippen LogP contribution in [0.15, 0.2) is 41.8 Å². The van der Waals surface area contributed by atoms with E-state index in [1.807, 2.05) is 45.2 Å². The summed E-state index contributed by atoms with van der Waals surface area (Å²) in [7, 11) is 0. The lowest BCUT2D eigenvalue weighted by atomic mass is 10.1. The molecule has 0 bridgehead atoms. The van der Waals surface area contributed by atoms with Crippen molar-refractivity contribution in [2.24, 2.45) is 0 Å². The lowest BCUT2D eigenvalue weighted by Crippen LogP contribution is -2.33. The highest BCUT2D eigenvalue weighted by atomic mass is 32.1. The Morgan fingerprint density at radius 3 is 2.47 bits per heavy atom. The van der Waals surface area contributed by atoms with Crippen molar-refractivity contribution in [3.63, 3.8) is 0 Å². The number of carbonyl (C=O) groups excluding carboxylic acids is 2. The van der Waals surface area contributed by atoms with Gasteiger partial charge in [-0.15, -0.1) is 11.3 Å². The Bertz CT molecular complexity index is 1050. The maximum atomic E-state index is 12.5. The van der Waals surface area contributed by atoms with Crippen molar-refractivity contribution >= 4 is 28.8 Å². The minimum Gasteiger partial charge on any atom is -0.487 e. The van der Waals surface area contributed by atoms with Gasteiger partial charge in [0, 0.05) is 16.6 Å². The number of hydrogen-bond acceptors (Lipinski definition) is 5. The number of amides is 2. The first-order valence-electron chi connectivity index (χ1n) is 9.61. The fraction of sp³-hybridized carbons (Fsp3) is 0.261. The number of benzene rings is 2. The molecule has 0 saturated heterocycles. The van der Waals surface area contributed by atoms with Gasteiger partial charge >= 0.3 is 0 Å². The first-order chi connectivity index (χ1) is 14.3. The summed E-state index contributed by atoms with van der Waals surface area (Å²) >= 11 is 1.57. The largest absolute Gasteiger partial charge is 0.487 e. The topological polar surface area (TPSA) is 80.3 Å². The highest BCUT2D eigenvalue weighted by Crippen LogP contribution is 2.21. The van der Waals surface area contributed by atoms with E-state index in [9.17, 15) is 9.59 Å². The van der Waals surface area contributed by atoms with Gasteiger partial charge in [-0.1, -0.05) is 23.8 Å². The molecule has 0 aliphatic heterocycles. The molecule has 0 unspecified atom stereocenters. The SMILES string of the molecule is Cc1cc(C)c(NC(=O)CNC(=O)c2cccc(OCc3csc(C)n3)c2)c(C)c1. The molecule has 156 valence electrons. The molecule has 0 aliphatic rings. The van der Waals surface area contributed by atoms with E-state index in [4.69, 9.17) is 4.74 Å². The molecule has 0 atom stereocenters. The average Bonchev–Trinajstić information content (AvgIpc) is 3.12. The third-order valence-corrected chi connectivity index (χ3v) is 5.32. The highest BCUT2D eigenvalue weighted by molar-refractivity contribution is 7.09. The molecule has 1 aromatic heterocycles. The van der Waals surface area contributed by atoms with Crippen LogP contribution in [-0.2, 0) is 11.4 Å². The molecule has 3 rings (SSSR count). The fourth-order valence-electron chi connectivity index (χ4n) is 3.18. The van der Waals surface area contributed by atoms with Crippen molar-refractivity contribution in [2.45, 2.75) is 34.3 Å². The zero-order valence-corrected chi connectivity index (χ0v) is 18.4. The first kappa shape index (κ1) is 21.5.